The molecule has 3 rings (SSSR count). The number of benzene rings is 1. The predicted octanol–water partition coefficient (Wildman–Crippen LogP) is 3.48. The first-order chi connectivity index (χ1) is 9.78. The highest BCUT2D eigenvalue weighted by molar-refractivity contribution is 9.08. The summed E-state index contributed by atoms with van der Waals surface area (Å²) in [7, 11) is 0. The number of hydrogen-bond donors (Lipinski definition) is 1. The first-order valence-electron chi connectivity index (χ1n) is 6.16. The van der Waals surface area contributed by atoms with Crippen LogP contribution in [-0.2, 0) is 5.33 Å². The Hall–Kier alpha value is -2.14. The molecule has 0 radical (unpaired) electrons. The van der Waals surface area contributed by atoms with Crippen molar-refractivity contribution in [3.8, 4) is 0 Å². The van der Waals surface area contributed by atoms with Crippen LogP contribution in [0.2, 0.25) is 0 Å². The van der Waals surface area contributed by atoms with Gasteiger partial charge in [0.1, 0.15) is 0 Å². The fourth-order valence-electron chi connectivity index (χ4n) is 1.99. The summed E-state index contributed by atoms with van der Waals surface area (Å²) in [6.07, 6.45) is 3.40. The van der Waals surface area contributed by atoms with Gasteiger partial charge < -0.3 is 5.32 Å². The van der Waals surface area contributed by atoms with Crippen LogP contribution in [0.5, 0.6) is 0 Å². The highest BCUT2D eigenvalue weighted by Gasteiger charge is 2.12. The molecular weight excluding hydrogens is 318 g/mol. The maximum Gasteiger partial charge on any atom is 0.259 e. The number of anilines is 1. The Morgan fingerprint density at radius 3 is 2.75 bits per heavy atom. The number of pyridine rings is 1. The van der Waals surface area contributed by atoms with E-state index >= 15 is 0 Å². The van der Waals surface area contributed by atoms with Crippen molar-refractivity contribution in [3.63, 3.8) is 0 Å². The van der Waals surface area contributed by atoms with Gasteiger partial charge >= 0.3 is 0 Å². The third-order valence-corrected chi connectivity index (χ3v) is 3.68. The van der Waals surface area contributed by atoms with Crippen LogP contribution in [-0.4, -0.2) is 15.5 Å². The molecule has 2 aromatic heterocycles. The second kappa shape index (κ2) is 5.46. The van der Waals surface area contributed by atoms with Crippen LogP contribution in [0.1, 0.15) is 15.9 Å². The normalized spacial score (nSPS) is 10.7. The van der Waals surface area contributed by atoms with E-state index in [1.807, 2.05) is 48.7 Å². The van der Waals surface area contributed by atoms with E-state index in [0.717, 1.165) is 16.5 Å². The van der Waals surface area contributed by atoms with Crippen molar-refractivity contribution in [3.05, 3.63) is 66.0 Å². The van der Waals surface area contributed by atoms with Crippen LogP contribution in [0, 0.1) is 0 Å². The largest absolute Gasteiger partial charge is 0.322 e. The number of amides is 1. The summed E-state index contributed by atoms with van der Waals surface area (Å²) in [6.45, 7) is 0. The summed E-state index contributed by atoms with van der Waals surface area (Å²) in [4.78, 5) is 12.3. The summed E-state index contributed by atoms with van der Waals surface area (Å²) in [5.74, 6) is -0.155. The Kier molecular flexibility index (Phi) is 3.52. The molecule has 100 valence electrons. The number of nitrogens with zero attached hydrogens (tertiary/aromatic N) is 2. The SMILES string of the molecule is O=C(Nc1ccc(CBr)cc1)c1cnn2ccccc12. The number of carbonyl (C=O) groups is 1. The Morgan fingerprint density at radius 2 is 2.00 bits per heavy atom. The van der Waals surface area contributed by atoms with Gasteiger partial charge in [-0.05, 0) is 29.8 Å². The van der Waals surface area contributed by atoms with Crippen molar-refractivity contribution in [2.75, 3.05) is 5.32 Å². The standard InChI is InChI=1S/C15H12BrN3O/c16-9-11-4-6-12(7-5-11)18-15(20)13-10-17-19-8-2-1-3-14(13)19/h1-8,10H,9H2,(H,18,20). The van der Waals surface area contributed by atoms with Crippen molar-refractivity contribution in [2.45, 2.75) is 5.33 Å². The van der Waals surface area contributed by atoms with Crippen LogP contribution < -0.4 is 5.32 Å². The van der Waals surface area contributed by atoms with E-state index < -0.39 is 0 Å². The van der Waals surface area contributed by atoms with E-state index in [1.165, 1.54) is 5.56 Å². The fourth-order valence-corrected chi connectivity index (χ4v) is 2.36. The lowest BCUT2D eigenvalue weighted by molar-refractivity contribution is 0.102. The third-order valence-electron chi connectivity index (χ3n) is 3.04. The number of rotatable bonds is 3. The van der Waals surface area contributed by atoms with Crippen LogP contribution in [0.15, 0.2) is 54.9 Å². The van der Waals surface area contributed by atoms with Gasteiger partial charge in [-0.1, -0.05) is 34.1 Å². The summed E-state index contributed by atoms with van der Waals surface area (Å²) < 4.78 is 1.68. The fraction of sp³-hybridized carbons (Fsp3) is 0.0667. The quantitative estimate of drug-likeness (QED) is 0.748. The zero-order chi connectivity index (χ0) is 13.9. The minimum atomic E-state index is -0.155. The van der Waals surface area contributed by atoms with Gasteiger partial charge in [-0.3, -0.25) is 4.79 Å². The van der Waals surface area contributed by atoms with Gasteiger partial charge in [-0.15, -0.1) is 0 Å². The highest BCUT2D eigenvalue weighted by Crippen LogP contribution is 2.15. The maximum atomic E-state index is 12.3. The molecule has 1 aromatic carbocycles. The summed E-state index contributed by atoms with van der Waals surface area (Å²) in [5.41, 5.74) is 3.30. The lowest BCUT2D eigenvalue weighted by Crippen LogP contribution is -2.11. The second-order valence-corrected chi connectivity index (χ2v) is 4.93. The number of halogens is 1. The van der Waals surface area contributed by atoms with Gasteiger partial charge in [-0.25, -0.2) is 4.52 Å². The number of alkyl halides is 1. The minimum Gasteiger partial charge on any atom is -0.322 e. The number of nitrogens with one attached hydrogen (secondary N) is 1. The molecule has 20 heavy (non-hydrogen) atoms. The molecule has 0 saturated carbocycles. The molecule has 3 aromatic rings. The van der Waals surface area contributed by atoms with E-state index in [9.17, 15) is 4.79 Å². The lowest BCUT2D eigenvalue weighted by Gasteiger charge is -2.05. The second-order valence-electron chi connectivity index (χ2n) is 4.37. The van der Waals surface area contributed by atoms with Crippen LogP contribution in [0.4, 0.5) is 5.69 Å². The molecular formula is C15H12BrN3O. The first kappa shape index (κ1) is 12.9. The zero-order valence-corrected chi connectivity index (χ0v) is 12.2. The molecule has 5 heteroatoms. The zero-order valence-electron chi connectivity index (χ0n) is 10.6. The predicted molar refractivity (Wildman–Crippen MR) is 82.2 cm³/mol. The van der Waals surface area contributed by atoms with E-state index in [-0.39, 0.29) is 5.91 Å². The van der Waals surface area contributed by atoms with E-state index in [0.29, 0.717) is 5.56 Å². The van der Waals surface area contributed by atoms with Gasteiger partial charge in [0.2, 0.25) is 0 Å². The number of hydrogen-bond acceptors (Lipinski definition) is 2. The molecule has 1 amide bonds. The molecule has 0 aliphatic carbocycles. The van der Waals surface area contributed by atoms with Crippen molar-refractivity contribution in [2.24, 2.45) is 0 Å². The number of fused-ring (bicyclic) bond motifs is 1. The smallest absolute Gasteiger partial charge is 0.259 e. The molecule has 0 aliphatic rings. The lowest BCUT2D eigenvalue weighted by atomic mass is 10.2. The van der Waals surface area contributed by atoms with Crippen molar-refractivity contribution >= 4 is 33.0 Å². The van der Waals surface area contributed by atoms with Crippen LogP contribution >= 0.6 is 15.9 Å². The Morgan fingerprint density at radius 1 is 1.20 bits per heavy atom. The minimum absolute atomic E-state index is 0.155. The third kappa shape index (κ3) is 2.44. The van der Waals surface area contributed by atoms with Gasteiger partial charge in [0.05, 0.1) is 17.3 Å². The van der Waals surface area contributed by atoms with Crippen molar-refractivity contribution < 1.29 is 4.79 Å². The monoisotopic (exact) mass is 329 g/mol. The molecule has 1 N–H and O–H groups in total. The molecule has 0 saturated heterocycles. The maximum absolute atomic E-state index is 12.3. The van der Waals surface area contributed by atoms with E-state index in [2.05, 4.69) is 26.3 Å². The first-order valence-corrected chi connectivity index (χ1v) is 7.29. The van der Waals surface area contributed by atoms with Gasteiger partial charge in [-0.2, -0.15) is 5.10 Å². The van der Waals surface area contributed by atoms with Gasteiger partial charge in [0.25, 0.3) is 5.91 Å². The molecule has 0 fully saturated rings. The Balaban J connectivity index is 1.85. The Labute approximate surface area is 124 Å². The van der Waals surface area contributed by atoms with E-state index in [4.69, 9.17) is 0 Å². The number of aromatic nitrogens is 2. The molecule has 0 atom stereocenters. The molecule has 0 spiro atoms. The topological polar surface area (TPSA) is 46.4 Å². The Bertz CT molecular complexity index is 749. The average Bonchev–Trinajstić information content (AvgIpc) is 2.92. The number of carbonyl (C=O) groups excluding carboxylic acids is 1. The molecule has 0 unspecified atom stereocenters. The summed E-state index contributed by atoms with van der Waals surface area (Å²) in [6, 6.07) is 13.4. The summed E-state index contributed by atoms with van der Waals surface area (Å²) >= 11 is 3.39. The van der Waals surface area contributed by atoms with Crippen LogP contribution in [0.25, 0.3) is 5.52 Å². The van der Waals surface area contributed by atoms with Crippen molar-refractivity contribution in [1.29, 1.82) is 0 Å². The van der Waals surface area contributed by atoms with E-state index in [1.54, 1.807) is 10.7 Å². The van der Waals surface area contributed by atoms with Crippen molar-refractivity contribution in [1.82, 2.24) is 9.61 Å². The van der Waals surface area contributed by atoms with Crippen LogP contribution in [0.3, 0.4) is 0 Å². The molecule has 0 aliphatic heterocycles. The van der Waals surface area contributed by atoms with Gasteiger partial charge in [0.15, 0.2) is 0 Å². The summed E-state index contributed by atoms with van der Waals surface area (Å²) in [5, 5.41) is 7.84. The molecule has 0 bridgehead atoms. The molecule has 4 nitrogen and oxygen atoms in total. The average molecular weight is 330 g/mol. The highest BCUT2D eigenvalue weighted by atomic mass is 79.9. The van der Waals surface area contributed by atoms with Gasteiger partial charge in [0, 0.05) is 17.2 Å². The molecule has 2 heterocycles.